The fraction of sp³-hybridized carbons (Fsp3) is 0.400. The number of fused-ring (bicyclic) bond motifs is 1. The fourth-order valence-electron chi connectivity index (χ4n) is 4.76. The zero-order valence-electron chi connectivity index (χ0n) is 18.9. The molecule has 0 amide bonds. The van der Waals surface area contributed by atoms with Gasteiger partial charge in [-0.25, -0.2) is 13.2 Å². The van der Waals surface area contributed by atoms with Crippen LogP contribution in [0.25, 0.3) is 0 Å². The summed E-state index contributed by atoms with van der Waals surface area (Å²) < 4.78 is 40.0. The molecule has 1 saturated heterocycles. The lowest BCUT2D eigenvalue weighted by atomic mass is 9.73. The summed E-state index contributed by atoms with van der Waals surface area (Å²) in [6.45, 7) is 8.50. The number of carbonyl (C=O) groups is 1. The Morgan fingerprint density at radius 3 is 2.38 bits per heavy atom. The van der Waals surface area contributed by atoms with Crippen LogP contribution in [-0.2, 0) is 29.9 Å². The lowest BCUT2D eigenvalue weighted by Gasteiger charge is -2.43. The number of benzene rings is 2. The Morgan fingerprint density at radius 1 is 1.09 bits per heavy atom. The molecule has 6 nitrogen and oxygen atoms in total. The second-order valence-corrected chi connectivity index (χ2v) is 10.7. The van der Waals surface area contributed by atoms with Gasteiger partial charge in [0.1, 0.15) is 0 Å². The molecule has 0 bridgehead atoms. The van der Waals surface area contributed by atoms with Gasteiger partial charge in [0.2, 0.25) is 15.6 Å². The van der Waals surface area contributed by atoms with E-state index in [1.165, 1.54) is 4.31 Å². The lowest BCUT2D eigenvalue weighted by Crippen LogP contribution is -2.49. The number of hydrogen-bond acceptors (Lipinski definition) is 5. The average molecular weight is 456 g/mol. The summed E-state index contributed by atoms with van der Waals surface area (Å²) in [5.74, 6) is -0.474. The maximum atomic E-state index is 13.4. The molecule has 2 aliphatic heterocycles. The van der Waals surface area contributed by atoms with Crippen molar-refractivity contribution in [2.24, 2.45) is 5.41 Å². The van der Waals surface area contributed by atoms with Gasteiger partial charge in [-0.1, -0.05) is 55.0 Å². The Balaban J connectivity index is 1.80. The quantitative estimate of drug-likeness (QED) is 0.506. The Hall–Kier alpha value is -2.48. The van der Waals surface area contributed by atoms with Gasteiger partial charge >= 0.3 is 5.97 Å². The predicted octanol–water partition coefficient (Wildman–Crippen LogP) is 3.81. The van der Waals surface area contributed by atoms with E-state index in [9.17, 15) is 13.2 Å². The molecule has 4 rings (SSSR count). The molecular weight excluding hydrogens is 426 g/mol. The first kappa shape index (κ1) is 22.7. The minimum Gasteiger partial charge on any atom is -0.463 e. The third-order valence-electron chi connectivity index (χ3n) is 6.58. The van der Waals surface area contributed by atoms with E-state index in [0.29, 0.717) is 17.7 Å². The SMILES string of the molecule is CCOC(=O)[C@@]1(c2ccccc2)OC[C@@]2(C)CN(S(=O)(=O)c3ccc(C)cc3)CC2=C1C. The number of nitrogens with zero attached hydrogens (tertiary/aromatic N) is 1. The van der Waals surface area contributed by atoms with Gasteiger partial charge in [0, 0.05) is 18.5 Å². The van der Waals surface area contributed by atoms with Crippen LogP contribution in [0.2, 0.25) is 0 Å². The molecule has 170 valence electrons. The van der Waals surface area contributed by atoms with Crippen LogP contribution >= 0.6 is 0 Å². The third kappa shape index (κ3) is 3.49. The molecule has 7 heteroatoms. The predicted molar refractivity (Wildman–Crippen MR) is 121 cm³/mol. The summed E-state index contributed by atoms with van der Waals surface area (Å²) in [7, 11) is -3.68. The first-order chi connectivity index (χ1) is 15.1. The van der Waals surface area contributed by atoms with E-state index in [4.69, 9.17) is 9.47 Å². The van der Waals surface area contributed by atoms with E-state index in [1.54, 1.807) is 31.2 Å². The van der Waals surface area contributed by atoms with E-state index < -0.39 is 27.0 Å². The van der Waals surface area contributed by atoms with Crippen LogP contribution in [0.3, 0.4) is 0 Å². The number of rotatable bonds is 5. The van der Waals surface area contributed by atoms with Gasteiger partial charge in [0.15, 0.2) is 0 Å². The second kappa shape index (κ2) is 8.14. The van der Waals surface area contributed by atoms with Crippen molar-refractivity contribution >= 4 is 16.0 Å². The Kier molecular flexibility index (Phi) is 5.77. The molecule has 0 aromatic heterocycles. The molecule has 0 saturated carbocycles. The molecule has 2 aliphatic rings. The minimum absolute atomic E-state index is 0.216. The van der Waals surface area contributed by atoms with Crippen LogP contribution in [0.5, 0.6) is 0 Å². The van der Waals surface area contributed by atoms with E-state index in [2.05, 4.69) is 0 Å². The lowest BCUT2D eigenvalue weighted by molar-refractivity contribution is -0.174. The molecule has 0 N–H and O–H groups in total. The number of esters is 1. The number of ether oxygens (including phenoxy) is 2. The number of carbonyl (C=O) groups excluding carboxylic acids is 1. The zero-order chi connectivity index (χ0) is 23.1. The van der Waals surface area contributed by atoms with Gasteiger partial charge in [-0.2, -0.15) is 4.31 Å². The molecule has 2 aromatic rings. The molecule has 2 heterocycles. The molecule has 0 radical (unpaired) electrons. The second-order valence-electron chi connectivity index (χ2n) is 8.81. The molecule has 2 aromatic carbocycles. The number of hydrogen-bond donors (Lipinski definition) is 0. The van der Waals surface area contributed by atoms with Crippen molar-refractivity contribution in [1.29, 1.82) is 0 Å². The van der Waals surface area contributed by atoms with E-state index in [1.807, 2.05) is 51.1 Å². The summed E-state index contributed by atoms with van der Waals surface area (Å²) in [4.78, 5) is 13.5. The van der Waals surface area contributed by atoms with E-state index in [0.717, 1.165) is 11.1 Å². The highest BCUT2D eigenvalue weighted by molar-refractivity contribution is 7.89. The molecule has 2 atom stereocenters. The Morgan fingerprint density at radius 2 is 1.75 bits per heavy atom. The van der Waals surface area contributed by atoms with Crippen LogP contribution in [0.4, 0.5) is 0 Å². The van der Waals surface area contributed by atoms with Crippen molar-refractivity contribution in [3.05, 3.63) is 76.9 Å². The first-order valence-corrected chi connectivity index (χ1v) is 12.2. The van der Waals surface area contributed by atoms with Gasteiger partial charge in [-0.05, 0) is 49.6 Å². The molecular formula is C25H29NO5S. The van der Waals surface area contributed by atoms with Crippen molar-refractivity contribution in [1.82, 2.24) is 4.31 Å². The van der Waals surface area contributed by atoms with Crippen molar-refractivity contribution in [2.75, 3.05) is 26.3 Å². The van der Waals surface area contributed by atoms with Crippen molar-refractivity contribution in [2.45, 2.75) is 38.2 Å². The standard InChI is InChI=1S/C25H29NO5S/c1-5-30-23(27)25(20-9-7-6-8-10-20)19(3)22-15-26(16-24(22,4)17-31-25)32(28,29)21-13-11-18(2)12-14-21/h6-14H,5,15-17H2,1-4H3/t24-,25-/m1/s1. The van der Waals surface area contributed by atoms with Crippen molar-refractivity contribution < 1.29 is 22.7 Å². The average Bonchev–Trinajstić information content (AvgIpc) is 3.14. The van der Waals surface area contributed by atoms with Crippen LogP contribution < -0.4 is 0 Å². The highest BCUT2D eigenvalue weighted by Gasteiger charge is 2.56. The Labute approximate surface area is 189 Å². The fourth-order valence-corrected chi connectivity index (χ4v) is 6.30. The van der Waals surface area contributed by atoms with E-state index >= 15 is 0 Å². The highest BCUT2D eigenvalue weighted by atomic mass is 32.2. The third-order valence-corrected chi connectivity index (χ3v) is 8.38. The molecule has 1 fully saturated rings. The summed E-state index contributed by atoms with van der Waals surface area (Å²) in [5.41, 5.74) is 1.40. The summed E-state index contributed by atoms with van der Waals surface area (Å²) in [5, 5.41) is 0. The van der Waals surface area contributed by atoms with Gasteiger partial charge in [-0.3, -0.25) is 0 Å². The maximum absolute atomic E-state index is 13.4. The maximum Gasteiger partial charge on any atom is 0.347 e. The van der Waals surface area contributed by atoms with Gasteiger partial charge in [-0.15, -0.1) is 0 Å². The smallest absolute Gasteiger partial charge is 0.347 e. The molecule has 0 aliphatic carbocycles. The molecule has 32 heavy (non-hydrogen) atoms. The number of aryl methyl sites for hydroxylation is 1. The van der Waals surface area contributed by atoms with Gasteiger partial charge < -0.3 is 9.47 Å². The largest absolute Gasteiger partial charge is 0.463 e. The van der Waals surface area contributed by atoms with Crippen molar-refractivity contribution in [3.63, 3.8) is 0 Å². The van der Waals surface area contributed by atoms with Crippen LogP contribution in [0.15, 0.2) is 70.6 Å². The number of sulfonamides is 1. The Bertz CT molecular complexity index is 1160. The van der Waals surface area contributed by atoms with Gasteiger partial charge in [0.25, 0.3) is 0 Å². The van der Waals surface area contributed by atoms with E-state index in [-0.39, 0.29) is 24.7 Å². The van der Waals surface area contributed by atoms with Crippen LogP contribution in [0.1, 0.15) is 31.9 Å². The normalized spacial score (nSPS) is 26.1. The zero-order valence-corrected chi connectivity index (χ0v) is 19.7. The van der Waals surface area contributed by atoms with Gasteiger partial charge in [0.05, 0.1) is 18.1 Å². The van der Waals surface area contributed by atoms with Crippen LogP contribution in [-0.4, -0.2) is 45.0 Å². The summed E-state index contributed by atoms with van der Waals surface area (Å²) in [6, 6.07) is 16.2. The van der Waals surface area contributed by atoms with Crippen molar-refractivity contribution in [3.8, 4) is 0 Å². The minimum atomic E-state index is -3.68. The monoisotopic (exact) mass is 455 g/mol. The summed E-state index contributed by atoms with van der Waals surface area (Å²) in [6.07, 6.45) is 0. The molecule has 0 spiro atoms. The van der Waals surface area contributed by atoms with Crippen LogP contribution in [0, 0.1) is 12.3 Å². The molecule has 0 unspecified atom stereocenters. The topological polar surface area (TPSA) is 72.9 Å². The summed E-state index contributed by atoms with van der Waals surface area (Å²) >= 11 is 0. The first-order valence-electron chi connectivity index (χ1n) is 10.8. The highest BCUT2D eigenvalue weighted by Crippen LogP contribution is 2.50.